The fourth-order valence-electron chi connectivity index (χ4n) is 4.97. The van der Waals surface area contributed by atoms with E-state index in [-0.39, 0.29) is 23.3 Å². The largest absolute Gasteiger partial charge is 0.507 e. The Morgan fingerprint density at radius 3 is 2.12 bits per heavy atom. The zero-order valence-corrected chi connectivity index (χ0v) is 23.9. The molecule has 8 nitrogen and oxygen atoms in total. The third-order valence-corrected chi connectivity index (χ3v) is 7.03. The number of Topliss-reactive ketones (excluding diaryl/α,β-unsaturated/α-hetero) is 1. The van der Waals surface area contributed by atoms with Gasteiger partial charge in [0.15, 0.2) is 11.5 Å². The molecule has 1 aliphatic rings. The quantitative estimate of drug-likeness (QED) is 0.222. The Bertz CT molecular complexity index is 1470. The first-order valence-corrected chi connectivity index (χ1v) is 12.9. The lowest BCUT2D eigenvalue weighted by Gasteiger charge is -2.26. The monoisotopic (exact) mass is 545 g/mol. The van der Waals surface area contributed by atoms with E-state index < -0.39 is 17.7 Å². The number of ether oxygens (including phenoxy) is 4. The minimum Gasteiger partial charge on any atom is -0.507 e. The molecule has 1 aliphatic heterocycles. The zero-order valence-electron chi connectivity index (χ0n) is 23.9. The normalized spacial score (nSPS) is 16.7. The number of rotatable bonds is 8. The van der Waals surface area contributed by atoms with E-state index in [0.717, 1.165) is 11.1 Å². The number of amides is 1. The maximum Gasteiger partial charge on any atom is 0.295 e. The summed E-state index contributed by atoms with van der Waals surface area (Å²) in [7, 11) is 6.21. The molecule has 210 valence electrons. The molecular weight excluding hydrogens is 510 g/mol. The fourth-order valence-corrected chi connectivity index (χ4v) is 4.97. The van der Waals surface area contributed by atoms with Gasteiger partial charge < -0.3 is 29.0 Å². The van der Waals surface area contributed by atoms with Gasteiger partial charge in [-0.3, -0.25) is 9.59 Å². The molecule has 1 saturated heterocycles. The molecule has 0 radical (unpaired) electrons. The molecule has 4 rings (SSSR count). The van der Waals surface area contributed by atoms with Gasteiger partial charge in [0, 0.05) is 17.7 Å². The van der Waals surface area contributed by atoms with Crippen LogP contribution in [0.15, 0.2) is 66.2 Å². The van der Waals surface area contributed by atoms with Crippen molar-refractivity contribution in [3.05, 3.63) is 88.5 Å². The van der Waals surface area contributed by atoms with Gasteiger partial charge in [0.05, 0.1) is 40.1 Å². The predicted octanol–water partition coefficient (Wildman–Crippen LogP) is 5.64. The summed E-state index contributed by atoms with van der Waals surface area (Å²) >= 11 is 0. The first kappa shape index (κ1) is 28.5. The van der Waals surface area contributed by atoms with E-state index >= 15 is 0 Å². The van der Waals surface area contributed by atoms with Gasteiger partial charge >= 0.3 is 0 Å². The van der Waals surface area contributed by atoms with Crippen LogP contribution in [0.2, 0.25) is 0 Å². The first-order valence-electron chi connectivity index (χ1n) is 12.9. The highest BCUT2D eigenvalue weighted by Gasteiger charge is 2.46. The molecule has 3 aromatic carbocycles. The lowest BCUT2D eigenvalue weighted by Crippen LogP contribution is -2.29. The van der Waals surface area contributed by atoms with Crippen molar-refractivity contribution in [3.8, 4) is 23.0 Å². The summed E-state index contributed by atoms with van der Waals surface area (Å²) in [6, 6.07) is 16.9. The molecule has 0 aliphatic carbocycles. The van der Waals surface area contributed by atoms with E-state index in [9.17, 15) is 14.7 Å². The van der Waals surface area contributed by atoms with E-state index in [4.69, 9.17) is 18.9 Å². The number of carbonyl (C=O) groups is 2. The number of hydrogen-bond acceptors (Lipinski definition) is 7. The topological polar surface area (TPSA) is 94.5 Å². The highest BCUT2D eigenvalue weighted by Crippen LogP contribution is 2.43. The van der Waals surface area contributed by atoms with E-state index in [2.05, 4.69) is 0 Å². The molecule has 1 fully saturated rings. The molecule has 1 N–H and O–H groups in total. The van der Waals surface area contributed by atoms with Gasteiger partial charge in [-0.25, -0.2) is 0 Å². The second-order valence-electron chi connectivity index (χ2n) is 10.6. The summed E-state index contributed by atoms with van der Waals surface area (Å²) in [4.78, 5) is 28.6. The second-order valence-corrected chi connectivity index (χ2v) is 10.6. The van der Waals surface area contributed by atoms with Crippen LogP contribution < -0.4 is 18.9 Å². The predicted molar refractivity (Wildman–Crippen MR) is 152 cm³/mol. The van der Waals surface area contributed by atoms with Crippen LogP contribution in [0.3, 0.4) is 0 Å². The van der Waals surface area contributed by atoms with Crippen molar-refractivity contribution in [2.45, 2.75) is 38.8 Å². The smallest absolute Gasteiger partial charge is 0.295 e. The van der Waals surface area contributed by atoms with Crippen molar-refractivity contribution in [1.82, 2.24) is 4.90 Å². The molecule has 1 unspecified atom stereocenters. The van der Waals surface area contributed by atoms with Crippen LogP contribution in [-0.2, 0) is 21.5 Å². The highest BCUT2D eigenvalue weighted by molar-refractivity contribution is 6.46. The second kappa shape index (κ2) is 11.3. The number of benzene rings is 3. The average Bonchev–Trinajstić information content (AvgIpc) is 3.20. The van der Waals surface area contributed by atoms with Gasteiger partial charge in [0.25, 0.3) is 11.7 Å². The van der Waals surface area contributed by atoms with Gasteiger partial charge in [-0.05, 0) is 59.0 Å². The Morgan fingerprint density at radius 1 is 0.825 bits per heavy atom. The molecule has 0 aromatic heterocycles. The summed E-state index contributed by atoms with van der Waals surface area (Å²) in [5.41, 5.74) is 2.34. The summed E-state index contributed by atoms with van der Waals surface area (Å²) in [5, 5.41) is 11.6. The van der Waals surface area contributed by atoms with Crippen LogP contribution in [0.1, 0.15) is 49.1 Å². The fraction of sp³-hybridized carbons (Fsp3) is 0.312. The highest BCUT2D eigenvalue weighted by atomic mass is 16.5. The average molecular weight is 546 g/mol. The Balaban J connectivity index is 1.89. The Hall–Kier alpha value is -4.46. The van der Waals surface area contributed by atoms with Crippen molar-refractivity contribution >= 4 is 17.4 Å². The molecule has 0 bridgehead atoms. The number of carbonyl (C=O) groups excluding carboxylic acids is 2. The molecule has 1 atom stereocenters. The van der Waals surface area contributed by atoms with Gasteiger partial charge in [-0.15, -0.1) is 0 Å². The van der Waals surface area contributed by atoms with E-state index in [1.54, 1.807) is 69.9 Å². The third kappa shape index (κ3) is 5.34. The van der Waals surface area contributed by atoms with Crippen molar-refractivity contribution in [1.29, 1.82) is 0 Å². The molecule has 40 heavy (non-hydrogen) atoms. The molecule has 8 heteroatoms. The number of ketones is 1. The molecule has 1 heterocycles. The minimum atomic E-state index is -0.858. The Kier molecular flexibility index (Phi) is 8.09. The molecule has 0 saturated carbocycles. The van der Waals surface area contributed by atoms with Gasteiger partial charge in [-0.2, -0.15) is 0 Å². The van der Waals surface area contributed by atoms with E-state index in [0.29, 0.717) is 34.1 Å². The van der Waals surface area contributed by atoms with Crippen LogP contribution in [0, 0.1) is 0 Å². The first-order chi connectivity index (χ1) is 19.0. The maximum absolute atomic E-state index is 13.6. The van der Waals surface area contributed by atoms with Gasteiger partial charge in [0.2, 0.25) is 0 Å². The Morgan fingerprint density at radius 2 is 1.50 bits per heavy atom. The summed E-state index contributed by atoms with van der Waals surface area (Å²) in [5.74, 6) is 0.548. The van der Waals surface area contributed by atoms with Crippen LogP contribution in [0.5, 0.6) is 23.0 Å². The van der Waals surface area contributed by atoms with Crippen molar-refractivity contribution in [2.24, 2.45) is 0 Å². The number of hydrogen-bond donors (Lipinski definition) is 1. The summed E-state index contributed by atoms with van der Waals surface area (Å²) < 4.78 is 21.7. The van der Waals surface area contributed by atoms with Crippen molar-refractivity contribution in [2.75, 3.05) is 28.4 Å². The third-order valence-electron chi connectivity index (χ3n) is 7.03. The van der Waals surface area contributed by atoms with E-state index in [1.165, 1.54) is 12.0 Å². The Labute approximate surface area is 234 Å². The van der Waals surface area contributed by atoms with Crippen molar-refractivity contribution in [3.63, 3.8) is 0 Å². The molecular formula is C32H35NO7. The van der Waals surface area contributed by atoms with E-state index in [1.807, 2.05) is 32.9 Å². The number of aliphatic hydroxyl groups is 1. The van der Waals surface area contributed by atoms with Crippen LogP contribution >= 0.6 is 0 Å². The van der Waals surface area contributed by atoms with Crippen LogP contribution in [0.4, 0.5) is 0 Å². The standard InChI is InChI=1S/C32H35NO7/c1-32(2,3)23-17-21(12-14-24(23)38-5)29(34)27-28(20-9-8-10-22(16-20)37-4)33(31(36)30(27)35)18-19-11-13-25(39-6)26(15-19)40-7/h8-17,28,34H,18H2,1-7H3/b29-27-. The summed E-state index contributed by atoms with van der Waals surface area (Å²) in [6.45, 7) is 6.20. The number of aliphatic hydroxyl groups excluding tert-OH is 1. The molecule has 1 amide bonds. The lowest BCUT2D eigenvalue weighted by molar-refractivity contribution is -0.140. The lowest BCUT2D eigenvalue weighted by atomic mass is 9.84. The van der Waals surface area contributed by atoms with Crippen LogP contribution in [-0.4, -0.2) is 50.1 Å². The van der Waals surface area contributed by atoms with Crippen molar-refractivity contribution < 1.29 is 33.6 Å². The van der Waals surface area contributed by atoms with Gasteiger partial charge in [0.1, 0.15) is 17.3 Å². The summed E-state index contributed by atoms with van der Waals surface area (Å²) in [6.07, 6.45) is 0. The van der Waals surface area contributed by atoms with Gasteiger partial charge in [-0.1, -0.05) is 39.0 Å². The molecule has 3 aromatic rings. The number of nitrogens with zero attached hydrogens (tertiary/aromatic N) is 1. The zero-order chi connectivity index (χ0) is 29.2. The SMILES string of the molecule is COc1cccc(C2/C(=C(/O)c3ccc(OC)c(C(C)(C)C)c3)C(=O)C(=O)N2Cc2ccc(OC)c(OC)c2)c1. The molecule has 0 spiro atoms. The minimum absolute atomic E-state index is 0.00348. The maximum atomic E-state index is 13.6. The number of likely N-dealkylation sites (tertiary alicyclic amines) is 1. The van der Waals surface area contributed by atoms with Crippen LogP contribution in [0.25, 0.3) is 5.76 Å². The number of methoxy groups -OCH3 is 4.